The predicted molar refractivity (Wildman–Crippen MR) is 94.3 cm³/mol. The molecule has 0 unspecified atom stereocenters. The van der Waals surface area contributed by atoms with Gasteiger partial charge in [0.25, 0.3) is 0 Å². The van der Waals surface area contributed by atoms with Crippen molar-refractivity contribution in [2.75, 3.05) is 18.0 Å². The monoisotopic (exact) mass is 318 g/mol. The third-order valence-electron chi connectivity index (χ3n) is 3.51. The van der Waals surface area contributed by atoms with Crippen LogP contribution >= 0.6 is 12.2 Å². The fourth-order valence-electron chi connectivity index (χ4n) is 2.30. The Kier molecular flexibility index (Phi) is 5.89. The maximum absolute atomic E-state index is 11.8. The number of carbonyl (C=O) groups excluding carboxylic acids is 1. The number of rotatable bonds is 5. The number of amides is 1. The molecule has 2 N–H and O–H groups in total. The number of hydrogen-bond donors (Lipinski definition) is 2. The van der Waals surface area contributed by atoms with E-state index >= 15 is 0 Å². The van der Waals surface area contributed by atoms with Crippen LogP contribution in [0, 0.1) is 0 Å². The summed E-state index contributed by atoms with van der Waals surface area (Å²) in [6.45, 7) is 5.62. The van der Waals surface area contributed by atoms with Gasteiger partial charge >= 0.3 is 0 Å². The van der Waals surface area contributed by atoms with Gasteiger partial charge in [-0.25, -0.2) is 0 Å². The molecule has 0 atom stereocenters. The Labute approximate surface area is 136 Å². The van der Waals surface area contributed by atoms with E-state index in [1.807, 2.05) is 36.1 Å². The van der Waals surface area contributed by atoms with Gasteiger partial charge in [-0.15, -0.1) is 0 Å². The molecule has 0 aliphatic carbocycles. The lowest BCUT2D eigenvalue weighted by atomic mass is 10.1. The molecular weight excluding hydrogens is 296 g/mol. The minimum atomic E-state index is 0.190. The Hall–Kier alpha value is -1.95. The van der Waals surface area contributed by atoms with Crippen molar-refractivity contribution in [1.82, 2.24) is 10.7 Å². The molecular formula is C16H22N4OS. The van der Waals surface area contributed by atoms with E-state index in [0.717, 1.165) is 42.9 Å². The van der Waals surface area contributed by atoms with Crippen molar-refractivity contribution < 1.29 is 4.79 Å². The average Bonchev–Trinajstić information content (AvgIpc) is 2.96. The summed E-state index contributed by atoms with van der Waals surface area (Å²) in [6, 6.07) is 7.88. The van der Waals surface area contributed by atoms with Gasteiger partial charge in [-0.2, -0.15) is 5.10 Å². The fourth-order valence-corrected chi connectivity index (χ4v) is 2.44. The third-order valence-corrected chi connectivity index (χ3v) is 3.75. The first-order chi connectivity index (χ1) is 10.6. The predicted octanol–water partition coefficient (Wildman–Crippen LogP) is 2.41. The molecule has 6 heteroatoms. The molecule has 0 spiro atoms. The van der Waals surface area contributed by atoms with Gasteiger partial charge in [0.2, 0.25) is 5.91 Å². The zero-order valence-electron chi connectivity index (χ0n) is 13.1. The van der Waals surface area contributed by atoms with Gasteiger partial charge in [-0.05, 0) is 49.7 Å². The van der Waals surface area contributed by atoms with Crippen molar-refractivity contribution in [2.45, 2.75) is 33.1 Å². The molecule has 0 saturated carbocycles. The summed E-state index contributed by atoms with van der Waals surface area (Å²) >= 11 is 5.13. The average molecular weight is 318 g/mol. The number of nitrogens with one attached hydrogen (secondary N) is 2. The van der Waals surface area contributed by atoms with Gasteiger partial charge in [0, 0.05) is 25.2 Å². The summed E-state index contributed by atoms with van der Waals surface area (Å²) in [5, 5.41) is 7.88. The molecule has 1 aromatic carbocycles. The topological polar surface area (TPSA) is 56.7 Å². The molecule has 0 bridgehead atoms. The fraction of sp³-hybridized carbons (Fsp3) is 0.438. The molecule has 1 aliphatic heterocycles. The molecule has 5 nitrogen and oxygen atoms in total. The SMILES string of the molecule is CCCNC(=S)N/N=C(/C)c1cccc(N2CCCC2=O)c1. The van der Waals surface area contributed by atoms with Gasteiger partial charge in [0.1, 0.15) is 0 Å². The summed E-state index contributed by atoms with van der Waals surface area (Å²) in [5.41, 5.74) is 5.58. The van der Waals surface area contributed by atoms with Crippen LogP contribution in [0.2, 0.25) is 0 Å². The highest BCUT2D eigenvalue weighted by Crippen LogP contribution is 2.22. The lowest BCUT2D eigenvalue weighted by Crippen LogP contribution is -2.33. The minimum Gasteiger partial charge on any atom is -0.361 e. The second-order valence-corrected chi connectivity index (χ2v) is 5.67. The van der Waals surface area contributed by atoms with E-state index < -0.39 is 0 Å². The molecule has 22 heavy (non-hydrogen) atoms. The largest absolute Gasteiger partial charge is 0.361 e. The highest BCUT2D eigenvalue weighted by Gasteiger charge is 2.21. The zero-order valence-corrected chi connectivity index (χ0v) is 13.9. The second-order valence-electron chi connectivity index (χ2n) is 5.26. The standard InChI is InChI=1S/C16H22N4OS/c1-3-9-17-16(22)19-18-12(2)13-6-4-7-14(11-13)20-10-5-8-15(20)21/h4,6-7,11H,3,5,8-10H2,1-2H3,(H2,17,19,22)/b18-12-. The second kappa shape index (κ2) is 7.89. The molecule has 1 fully saturated rings. The van der Waals surface area contributed by atoms with Gasteiger partial charge in [0.05, 0.1) is 5.71 Å². The van der Waals surface area contributed by atoms with Crippen LogP contribution in [-0.4, -0.2) is 29.8 Å². The van der Waals surface area contributed by atoms with Crippen molar-refractivity contribution >= 4 is 34.6 Å². The van der Waals surface area contributed by atoms with Crippen LogP contribution in [0.25, 0.3) is 0 Å². The maximum Gasteiger partial charge on any atom is 0.227 e. The van der Waals surface area contributed by atoms with Crippen LogP contribution < -0.4 is 15.6 Å². The number of anilines is 1. The summed E-state index contributed by atoms with van der Waals surface area (Å²) in [5.74, 6) is 0.190. The van der Waals surface area contributed by atoms with Gasteiger partial charge in [-0.1, -0.05) is 19.1 Å². The van der Waals surface area contributed by atoms with Gasteiger partial charge in [0.15, 0.2) is 5.11 Å². The van der Waals surface area contributed by atoms with Crippen LogP contribution in [0.4, 0.5) is 5.69 Å². The smallest absolute Gasteiger partial charge is 0.227 e. The third kappa shape index (κ3) is 4.27. The van der Waals surface area contributed by atoms with Crippen LogP contribution in [0.15, 0.2) is 29.4 Å². The van der Waals surface area contributed by atoms with Gasteiger partial charge < -0.3 is 10.2 Å². The van der Waals surface area contributed by atoms with Crippen molar-refractivity contribution in [3.63, 3.8) is 0 Å². The first kappa shape index (κ1) is 16.4. The van der Waals surface area contributed by atoms with E-state index in [-0.39, 0.29) is 5.91 Å². The van der Waals surface area contributed by atoms with E-state index in [4.69, 9.17) is 12.2 Å². The van der Waals surface area contributed by atoms with Crippen molar-refractivity contribution in [1.29, 1.82) is 0 Å². The van der Waals surface area contributed by atoms with Crippen molar-refractivity contribution in [2.24, 2.45) is 5.10 Å². The highest BCUT2D eigenvalue weighted by molar-refractivity contribution is 7.80. The lowest BCUT2D eigenvalue weighted by Gasteiger charge is -2.16. The number of benzene rings is 1. The summed E-state index contributed by atoms with van der Waals surface area (Å²) in [6.07, 6.45) is 2.57. The van der Waals surface area contributed by atoms with E-state index in [1.165, 1.54) is 0 Å². The Morgan fingerprint density at radius 2 is 2.27 bits per heavy atom. The number of hydrogen-bond acceptors (Lipinski definition) is 3. The lowest BCUT2D eigenvalue weighted by molar-refractivity contribution is -0.117. The molecule has 0 radical (unpaired) electrons. The van der Waals surface area contributed by atoms with E-state index in [2.05, 4.69) is 22.8 Å². The number of hydrazone groups is 1. The first-order valence-electron chi connectivity index (χ1n) is 7.60. The molecule has 1 amide bonds. The van der Waals surface area contributed by atoms with Gasteiger partial charge in [-0.3, -0.25) is 10.2 Å². The molecule has 118 valence electrons. The van der Waals surface area contributed by atoms with Crippen molar-refractivity contribution in [3.05, 3.63) is 29.8 Å². The molecule has 0 aromatic heterocycles. The molecule has 1 saturated heterocycles. The van der Waals surface area contributed by atoms with E-state index in [1.54, 1.807) is 0 Å². The summed E-state index contributed by atoms with van der Waals surface area (Å²) < 4.78 is 0. The Balaban J connectivity index is 2.05. The zero-order chi connectivity index (χ0) is 15.9. The Morgan fingerprint density at radius 1 is 1.45 bits per heavy atom. The summed E-state index contributed by atoms with van der Waals surface area (Å²) in [7, 11) is 0. The van der Waals surface area contributed by atoms with Crippen molar-refractivity contribution in [3.8, 4) is 0 Å². The molecule has 1 heterocycles. The summed E-state index contributed by atoms with van der Waals surface area (Å²) in [4.78, 5) is 13.7. The van der Waals surface area contributed by atoms with Crippen LogP contribution in [-0.2, 0) is 4.79 Å². The number of thiocarbonyl (C=S) groups is 1. The highest BCUT2D eigenvalue weighted by atomic mass is 32.1. The minimum absolute atomic E-state index is 0.190. The van der Waals surface area contributed by atoms with Crippen LogP contribution in [0.1, 0.15) is 38.7 Å². The number of carbonyl (C=O) groups is 1. The quantitative estimate of drug-likeness (QED) is 0.497. The Bertz CT molecular complexity index is 585. The maximum atomic E-state index is 11.8. The molecule has 1 aliphatic rings. The molecule has 2 rings (SSSR count). The number of nitrogens with zero attached hydrogens (tertiary/aromatic N) is 2. The van der Waals surface area contributed by atoms with E-state index in [0.29, 0.717) is 11.5 Å². The Morgan fingerprint density at radius 3 is 2.95 bits per heavy atom. The normalized spacial score (nSPS) is 15.1. The molecule has 1 aromatic rings. The van der Waals surface area contributed by atoms with E-state index in [9.17, 15) is 4.79 Å². The first-order valence-corrected chi connectivity index (χ1v) is 8.01. The van der Waals surface area contributed by atoms with Crippen LogP contribution in [0.5, 0.6) is 0 Å². The van der Waals surface area contributed by atoms with Crippen LogP contribution in [0.3, 0.4) is 0 Å².